The molecule has 0 bridgehead atoms. The van der Waals surface area contributed by atoms with E-state index in [0.717, 1.165) is 142 Å². The van der Waals surface area contributed by atoms with Gasteiger partial charge < -0.3 is 29.6 Å². The van der Waals surface area contributed by atoms with E-state index in [0.29, 0.717) is 23.1 Å². The van der Waals surface area contributed by atoms with Crippen molar-refractivity contribution in [3.63, 3.8) is 0 Å². The van der Waals surface area contributed by atoms with Crippen LogP contribution >= 0.6 is 0 Å². The van der Waals surface area contributed by atoms with E-state index in [2.05, 4.69) is 56.4 Å². The lowest BCUT2D eigenvalue weighted by Crippen LogP contribution is -2.36. The third-order valence-electron chi connectivity index (χ3n) is 11.6. The Morgan fingerprint density at radius 3 is 1.61 bits per heavy atom. The SMILES string of the molecule is Cc1ccc(S(=O)(=O)OCCOc2cccc(Nc3ncnc4cnc(CCCN5CCOCC5)cc34)c2)cc1.[18F]CCOc1cccc(Nc2ncnc3cnc(CCCN4CCOCC4)cc23)c1. The molecular formula is C51H59FN10O7S. The van der Waals surface area contributed by atoms with Crippen LogP contribution in [0.25, 0.3) is 21.8 Å². The number of hydrogen-bond donors (Lipinski definition) is 2. The molecule has 2 aliphatic rings. The molecule has 2 saturated heterocycles. The van der Waals surface area contributed by atoms with Crippen LogP contribution in [0.5, 0.6) is 11.5 Å². The Balaban J connectivity index is 0.000000196. The Hall–Kier alpha value is -6.48. The first-order valence-corrected chi connectivity index (χ1v) is 25.0. The highest BCUT2D eigenvalue weighted by Gasteiger charge is 2.16. The van der Waals surface area contributed by atoms with Gasteiger partial charge in [0, 0.05) is 71.8 Å². The molecule has 7 aromatic rings. The summed E-state index contributed by atoms with van der Waals surface area (Å²) in [6, 6.07) is 25.4. The molecule has 0 saturated carbocycles. The molecule has 19 heteroatoms. The van der Waals surface area contributed by atoms with Gasteiger partial charge in [0.15, 0.2) is 0 Å². The Labute approximate surface area is 407 Å². The normalized spacial score (nSPS) is 14.5. The van der Waals surface area contributed by atoms with Gasteiger partial charge in [0.25, 0.3) is 10.1 Å². The monoisotopic (exact) mass is 973 g/mol. The maximum Gasteiger partial charge on any atom is 0.297 e. The largest absolute Gasteiger partial charge is 0.491 e. The zero-order valence-electron chi connectivity index (χ0n) is 39.3. The Bertz CT molecular complexity index is 2870. The van der Waals surface area contributed by atoms with Crippen LogP contribution in [0.2, 0.25) is 0 Å². The van der Waals surface area contributed by atoms with Crippen molar-refractivity contribution < 1.29 is 35.9 Å². The van der Waals surface area contributed by atoms with Gasteiger partial charge in [-0.2, -0.15) is 8.42 Å². The molecule has 0 amide bonds. The highest BCUT2D eigenvalue weighted by atomic mass is 32.2. The number of morpholine rings is 2. The van der Waals surface area contributed by atoms with Crippen LogP contribution in [-0.2, 0) is 36.6 Å². The number of ether oxygens (including phenoxy) is 4. The second-order valence-electron chi connectivity index (χ2n) is 16.7. The maximum atomic E-state index is 12.4. The first kappa shape index (κ1) is 49.9. The van der Waals surface area contributed by atoms with Gasteiger partial charge in [-0.15, -0.1) is 0 Å². The molecule has 70 heavy (non-hydrogen) atoms. The van der Waals surface area contributed by atoms with Crippen molar-refractivity contribution in [1.29, 1.82) is 0 Å². The lowest BCUT2D eigenvalue weighted by molar-refractivity contribution is 0.0374. The molecule has 0 aliphatic carbocycles. The number of hydrogen-bond acceptors (Lipinski definition) is 17. The summed E-state index contributed by atoms with van der Waals surface area (Å²) in [5, 5.41) is 8.49. The Kier molecular flexibility index (Phi) is 18.1. The molecule has 6 heterocycles. The van der Waals surface area contributed by atoms with E-state index >= 15 is 0 Å². The predicted octanol–water partition coefficient (Wildman–Crippen LogP) is 7.51. The van der Waals surface area contributed by atoms with Crippen molar-refractivity contribution in [1.82, 2.24) is 39.7 Å². The number of nitrogens with one attached hydrogen (secondary N) is 2. The highest BCUT2D eigenvalue weighted by Crippen LogP contribution is 2.28. The van der Waals surface area contributed by atoms with Crippen LogP contribution in [0.4, 0.5) is 27.4 Å². The average molecular weight is 974 g/mol. The Morgan fingerprint density at radius 2 is 1.11 bits per heavy atom. The fourth-order valence-corrected chi connectivity index (χ4v) is 8.82. The molecule has 2 aliphatic heterocycles. The molecule has 17 nitrogen and oxygen atoms in total. The minimum Gasteiger partial charge on any atom is -0.491 e. The van der Waals surface area contributed by atoms with Crippen molar-refractivity contribution >= 4 is 54.9 Å². The van der Waals surface area contributed by atoms with Crippen molar-refractivity contribution in [2.24, 2.45) is 0 Å². The van der Waals surface area contributed by atoms with Gasteiger partial charge in [0.2, 0.25) is 0 Å². The molecule has 0 unspecified atom stereocenters. The molecule has 4 aromatic heterocycles. The first-order chi connectivity index (χ1) is 34.3. The van der Waals surface area contributed by atoms with E-state index in [4.69, 9.17) is 23.1 Å². The van der Waals surface area contributed by atoms with E-state index in [-0.39, 0.29) is 24.7 Å². The summed E-state index contributed by atoms with van der Waals surface area (Å²) in [6.45, 7) is 10.7. The smallest absolute Gasteiger partial charge is 0.297 e. The fraction of sp³-hybridized carbons (Fsp3) is 0.373. The third kappa shape index (κ3) is 14.8. The summed E-state index contributed by atoms with van der Waals surface area (Å²) in [5.41, 5.74) is 6.13. The number of rotatable bonds is 21. The van der Waals surface area contributed by atoms with Crippen LogP contribution in [0.15, 0.2) is 115 Å². The number of aryl methyl sites for hydroxylation is 3. The molecule has 368 valence electrons. The zero-order chi connectivity index (χ0) is 48.4. The number of fused-ring (bicyclic) bond motifs is 2. The Morgan fingerprint density at radius 1 is 0.614 bits per heavy atom. The van der Waals surface area contributed by atoms with Gasteiger partial charge in [-0.3, -0.25) is 24.0 Å². The summed E-state index contributed by atoms with van der Waals surface area (Å²) >= 11 is 0. The third-order valence-corrected chi connectivity index (χ3v) is 12.9. The van der Waals surface area contributed by atoms with E-state index in [1.165, 1.54) is 24.8 Å². The van der Waals surface area contributed by atoms with Gasteiger partial charge in [-0.05, 0) is 94.2 Å². The number of aromatic nitrogens is 6. The quantitative estimate of drug-likeness (QED) is 0.0531. The van der Waals surface area contributed by atoms with Gasteiger partial charge in [-0.25, -0.2) is 24.3 Å². The molecule has 3 aromatic carbocycles. The highest BCUT2D eigenvalue weighted by molar-refractivity contribution is 7.86. The molecule has 0 atom stereocenters. The van der Waals surface area contributed by atoms with Gasteiger partial charge >= 0.3 is 0 Å². The minimum absolute atomic E-state index is 0.0410. The number of alkyl halides is 1. The summed E-state index contributed by atoms with van der Waals surface area (Å²) in [7, 11) is -3.84. The number of halogens is 1. The molecule has 2 N–H and O–H groups in total. The van der Waals surface area contributed by atoms with Crippen molar-refractivity contribution in [2.75, 3.05) is 103 Å². The average Bonchev–Trinajstić information content (AvgIpc) is 3.38. The molecule has 0 radical (unpaired) electrons. The fourth-order valence-electron chi connectivity index (χ4n) is 7.93. The second-order valence-corrected chi connectivity index (χ2v) is 18.3. The maximum absolute atomic E-state index is 12.4. The van der Waals surface area contributed by atoms with Crippen LogP contribution in [0, 0.1) is 6.92 Å². The van der Waals surface area contributed by atoms with E-state index in [9.17, 15) is 12.8 Å². The van der Waals surface area contributed by atoms with Crippen molar-refractivity contribution in [3.05, 3.63) is 127 Å². The topological polar surface area (TPSA) is 188 Å². The summed E-state index contributed by atoms with van der Waals surface area (Å²) in [4.78, 5) is 31.7. The van der Waals surface area contributed by atoms with Crippen molar-refractivity contribution in [2.45, 2.75) is 37.5 Å². The first-order valence-electron chi connectivity index (χ1n) is 23.6. The lowest BCUT2D eigenvalue weighted by atomic mass is 10.1. The van der Waals surface area contributed by atoms with E-state index in [1.807, 2.05) is 49.4 Å². The lowest BCUT2D eigenvalue weighted by Gasteiger charge is -2.26. The standard InChI is InChI=1S/C29H33N5O5S.C22H26FN5O2/c1-22-7-9-26(10-8-22)40(35,36)39-17-16-38-25-6-2-4-24(18-25)33-29-27-19-23(30-20-28(27)31-21-32-29)5-3-11-34-12-14-37-15-13-34;23-6-10-30-19-5-1-3-18(13-19)27-22-20-14-17(24-15-21(20)25-16-26-22)4-2-7-28-8-11-29-12-9-28/h2,4,6-10,18-21H,3,5,11-17H2,1H3,(H,31,32,33);1,3,5,13-16H,2,4,6-12H2,(H,25,26,27)/i;23-1. The number of anilines is 4. The molecule has 2 fully saturated rings. The van der Waals surface area contributed by atoms with Crippen LogP contribution in [0.3, 0.4) is 0 Å². The second kappa shape index (κ2) is 25.4. The summed E-state index contributed by atoms with van der Waals surface area (Å²) < 4.78 is 64.2. The summed E-state index contributed by atoms with van der Waals surface area (Å²) in [5.74, 6) is 2.57. The van der Waals surface area contributed by atoms with Gasteiger partial charge in [0.05, 0.1) is 54.8 Å². The molecular weight excluding hydrogens is 915 g/mol. The van der Waals surface area contributed by atoms with Crippen molar-refractivity contribution in [3.8, 4) is 11.5 Å². The number of benzene rings is 3. The zero-order valence-corrected chi connectivity index (χ0v) is 40.2. The van der Waals surface area contributed by atoms with Crippen LogP contribution in [0.1, 0.15) is 29.8 Å². The van der Waals surface area contributed by atoms with Crippen LogP contribution < -0.4 is 20.1 Å². The van der Waals surface area contributed by atoms with Gasteiger partial charge in [-0.1, -0.05) is 29.8 Å². The number of nitrogens with zero attached hydrogens (tertiary/aromatic N) is 8. The van der Waals surface area contributed by atoms with E-state index < -0.39 is 16.8 Å². The minimum atomic E-state index is -3.84. The van der Waals surface area contributed by atoms with E-state index in [1.54, 1.807) is 36.7 Å². The van der Waals surface area contributed by atoms with Crippen LogP contribution in [-0.4, -0.2) is 140 Å². The molecule has 9 rings (SSSR count). The molecule has 0 spiro atoms. The van der Waals surface area contributed by atoms with Gasteiger partial charge in [0.1, 0.15) is 62.3 Å². The predicted molar refractivity (Wildman–Crippen MR) is 267 cm³/mol. The number of pyridine rings is 2. The summed E-state index contributed by atoms with van der Waals surface area (Å²) in [6.07, 6.45) is 10.4.